The molecule has 0 radical (unpaired) electrons. The smallest absolute Gasteiger partial charge is 0.278 e. The standard InChI is InChI=1S/C28H32N4O2S/c1-18(2)14-15-32-27(34)26-25(22(16-31(26)5)21-12-7-6-8-13-21)30-28(32)35-17-23(33)29-24-19(3)10-9-11-20(24)4/h6-13,16,18H,14-15,17H2,1-5H3,(H,29,33). The van der Waals surface area contributed by atoms with Gasteiger partial charge in [-0.3, -0.25) is 14.2 Å². The highest BCUT2D eigenvalue weighted by Gasteiger charge is 2.20. The van der Waals surface area contributed by atoms with E-state index in [4.69, 9.17) is 4.98 Å². The number of hydrogen-bond donors (Lipinski definition) is 1. The van der Waals surface area contributed by atoms with Crippen LogP contribution in [0.1, 0.15) is 31.4 Å². The van der Waals surface area contributed by atoms with Gasteiger partial charge in [0.15, 0.2) is 5.16 Å². The molecule has 0 spiro atoms. The number of amides is 1. The Morgan fingerprint density at radius 1 is 1.06 bits per heavy atom. The number of nitrogens with one attached hydrogen (secondary N) is 1. The predicted octanol–water partition coefficient (Wildman–Crippen LogP) is 5.80. The lowest BCUT2D eigenvalue weighted by atomic mass is 10.1. The van der Waals surface area contributed by atoms with Crippen LogP contribution in [0.15, 0.2) is 64.7 Å². The van der Waals surface area contributed by atoms with Crippen LogP contribution < -0.4 is 10.9 Å². The molecule has 0 atom stereocenters. The lowest BCUT2D eigenvalue weighted by molar-refractivity contribution is -0.113. The zero-order valence-electron chi connectivity index (χ0n) is 21.0. The third-order valence-electron chi connectivity index (χ3n) is 6.13. The molecule has 0 aliphatic carbocycles. The molecule has 4 aromatic rings. The molecular formula is C28H32N4O2S. The number of rotatable bonds is 8. The van der Waals surface area contributed by atoms with Gasteiger partial charge in [0, 0.05) is 31.0 Å². The number of aryl methyl sites for hydroxylation is 3. The molecule has 7 heteroatoms. The molecule has 2 aromatic heterocycles. The van der Waals surface area contributed by atoms with E-state index in [-0.39, 0.29) is 17.2 Å². The predicted molar refractivity (Wildman–Crippen MR) is 145 cm³/mol. The number of benzene rings is 2. The number of nitrogens with zero attached hydrogens (tertiary/aromatic N) is 3. The zero-order chi connectivity index (χ0) is 25.1. The van der Waals surface area contributed by atoms with Gasteiger partial charge in [0.25, 0.3) is 5.56 Å². The van der Waals surface area contributed by atoms with Crippen LogP contribution >= 0.6 is 11.8 Å². The normalized spacial score (nSPS) is 11.4. The maximum atomic E-state index is 13.6. The van der Waals surface area contributed by atoms with E-state index < -0.39 is 0 Å². The topological polar surface area (TPSA) is 68.9 Å². The number of hydrogen-bond acceptors (Lipinski definition) is 4. The Labute approximate surface area is 210 Å². The minimum atomic E-state index is -0.117. The molecule has 0 fully saturated rings. The minimum absolute atomic E-state index is 0.0713. The van der Waals surface area contributed by atoms with Gasteiger partial charge in [-0.05, 0) is 42.9 Å². The number of anilines is 1. The quantitative estimate of drug-likeness (QED) is 0.252. The van der Waals surface area contributed by atoms with Crippen molar-refractivity contribution in [2.75, 3.05) is 11.1 Å². The Kier molecular flexibility index (Phi) is 7.45. The Morgan fingerprint density at radius 2 is 1.74 bits per heavy atom. The van der Waals surface area contributed by atoms with Crippen molar-refractivity contribution >= 4 is 34.4 Å². The summed E-state index contributed by atoms with van der Waals surface area (Å²) < 4.78 is 3.59. The molecule has 6 nitrogen and oxygen atoms in total. The third-order valence-corrected chi connectivity index (χ3v) is 7.11. The molecule has 1 amide bonds. The fraction of sp³-hybridized carbons (Fsp3) is 0.321. The molecule has 0 bridgehead atoms. The summed E-state index contributed by atoms with van der Waals surface area (Å²) in [6.07, 6.45) is 2.81. The van der Waals surface area contributed by atoms with Crippen molar-refractivity contribution in [3.8, 4) is 11.1 Å². The lowest BCUT2D eigenvalue weighted by Crippen LogP contribution is -2.26. The highest BCUT2D eigenvalue weighted by atomic mass is 32.2. The van der Waals surface area contributed by atoms with Gasteiger partial charge in [0.1, 0.15) is 11.0 Å². The average Bonchev–Trinajstić information content (AvgIpc) is 3.16. The fourth-order valence-electron chi connectivity index (χ4n) is 4.19. The highest BCUT2D eigenvalue weighted by Crippen LogP contribution is 2.29. The number of fused-ring (bicyclic) bond motifs is 1. The molecule has 0 unspecified atom stereocenters. The van der Waals surface area contributed by atoms with Gasteiger partial charge >= 0.3 is 0 Å². The Balaban J connectivity index is 1.71. The van der Waals surface area contributed by atoms with E-state index in [2.05, 4.69) is 19.2 Å². The Bertz CT molecular complexity index is 1400. The summed E-state index contributed by atoms with van der Waals surface area (Å²) in [6.45, 7) is 8.80. The molecular weight excluding hydrogens is 456 g/mol. The lowest BCUT2D eigenvalue weighted by Gasteiger charge is -2.15. The van der Waals surface area contributed by atoms with Crippen LogP contribution in [0.4, 0.5) is 5.69 Å². The largest absolute Gasteiger partial charge is 0.344 e. The zero-order valence-corrected chi connectivity index (χ0v) is 21.8. The second kappa shape index (κ2) is 10.5. The molecule has 35 heavy (non-hydrogen) atoms. The summed E-state index contributed by atoms with van der Waals surface area (Å²) in [6, 6.07) is 15.9. The molecule has 0 aliphatic rings. The maximum Gasteiger partial charge on any atom is 0.278 e. The number of aromatic nitrogens is 3. The van der Waals surface area contributed by atoms with Crippen LogP contribution in [0.25, 0.3) is 22.2 Å². The average molecular weight is 489 g/mol. The first-order chi connectivity index (χ1) is 16.8. The van der Waals surface area contributed by atoms with Crippen LogP contribution in [0.2, 0.25) is 0 Å². The molecule has 2 aromatic carbocycles. The van der Waals surface area contributed by atoms with E-state index >= 15 is 0 Å². The van der Waals surface area contributed by atoms with E-state index in [0.717, 1.165) is 34.4 Å². The number of thioether (sulfide) groups is 1. The third kappa shape index (κ3) is 5.35. The molecule has 0 saturated heterocycles. The van der Waals surface area contributed by atoms with Crippen molar-refractivity contribution in [1.82, 2.24) is 14.1 Å². The van der Waals surface area contributed by atoms with E-state index in [1.54, 1.807) is 4.57 Å². The number of para-hydroxylation sites is 1. The minimum Gasteiger partial charge on any atom is -0.344 e. The summed E-state index contributed by atoms with van der Waals surface area (Å²) >= 11 is 1.31. The molecule has 2 heterocycles. The summed E-state index contributed by atoms with van der Waals surface area (Å²) in [5.74, 6) is 0.491. The Hall–Kier alpha value is -3.32. The van der Waals surface area contributed by atoms with Crippen molar-refractivity contribution in [3.05, 3.63) is 76.2 Å². The SMILES string of the molecule is Cc1cccc(C)c1NC(=O)CSc1nc2c(-c3ccccc3)cn(C)c2c(=O)n1CCC(C)C. The van der Waals surface area contributed by atoms with Crippen LogP contribution in [0.3, 0.4) is 0 Å². The van der Waals surface area contributed by atoms with Gasteiger partial charge in [-0.1, -0.05) is 74.1 Å². The van der Waals surface area contributed by atoms with Crippen LogP contribution in [0.5, 0.6) is 0 Å². The second-order valence-corrected chi connectivity index (χ2v) is 10.3. The van der Waals surface area contributed by atoms with Gasteiger partial charge < -0.3 is 9.88 Å². The van der Waals surface area contributed by atoms with Gasteiger partial charge in [-0.15, -0.1) is 0 Å². The summed E-state index contributed by atoms with van der Waals surface area (Å²) in [5, 5.41) is 3.60. The van der Waals surface area contributed by atoms with Crippen molar-refractivity contribution < 1.29 is 4.79 Å². The summed E-state index contributed by atoms with van der Waals surface area (Å²) in [7, 11) is 1.88. The van der Waals surface area contributed by atoms with Crippen LogP contribution in [-0.2, 0) is 18.4 Å². The second-order valence-electron chi connectivity index (χ2n) is 9.35. The van der Waals surface area contributed by atoms with Crippen molar-refractivity contribution in [3.63, 3.8) is 0 Å². The first-order valence-corrected chi connectivity index (χ1v) is 12.9. The van der Waals surface area contributed by atoms with Crippen LogP contribution in [-0.4, -0.2) is 25.8 Å². The summed E-state index contributed by atoms with van der Waals surface area (Å²) in [5.41, 5.74) is 5.99. The molecule has 4 rings (SSSR count). The van der Waals surface area contributed by atoms with Crippen molar-refractivity contribution in [2.45, 2.75) is 45.8 Å². The molecule has 1 N–H and O–H groups in total. The van der Waals surface area contributed by atoms with Gasteiger partial charge in [-0.25, -0.2) is 4.98 Å². The van der Waals surface area contributed by atoms with E-state index in [1.807, 2.05) is 80.2 Å². The molecule has 0 saturated carbocycles. The monoisotopic (exact) mass is 488 g/mol. The van der Waals surface area contributed by atoms with Gasteiger partial charge in [0.2, 0.25) is 5.91 Å². The van der Waals surface area contributed by atoms with E-state index in [1.165, 1.54) is 11.8 Å². The van der Waals surface area contributed by atoms with Crippen LogP contribution in [0, 0.1) is 19.8 Å². The first kappa shape index (κ1) is 24.8. The van der Waals surface area contributed by atoms with Gasteiger partial charge in [-0.2, -0.15) is 0 Å². The van der Waals surface area contributed by atoms with Crippen molar-refractivity contribution in [1.29, 1.82) is 0 Å². The number of carbonyl (C=O) groups excluding carboxylic acids is 1. The maximum absolute atomic E-state index is 13.6. The van der Waals surface area contributed by atoms with E-state index in [0.29, 0.717) is 28.7 Å². The molecule has 182 valence electrons. The number of carbonyl (C=O) groups is 1. The van der Waals surface area contributed by atoms with Gasteiger partial charge in [0.05, 0.1) is 5.75 Å². The van der Waals surface area contributed by atoms with Crippen molar-refractivity contribution in [2.24, 2.45) is 13.0 Å². The van der Waals surface area contributed by atoms with E-state index in [9.17, 15) is 9.59 Å². The summed E-state index contributed by atoms with van der Waals surface area (Å²) in [4.78, 5) is 31.4. The fourth-order valence-corrected chi connectivity index (χ4v) is 5.01. The molecule has 0 aliphatic heterocycles. The highest BCUT2D eigenvalue weighted by molar-refractivity contribution is 7.99. The Morgan fingerprint density at radius 3 is 2.40 bits per heavy atom. The first-order valence-electron chi connectivity index (χ1n) is 11.9.